The molecular formula is C11H12F3NO3. The summed E-state index contributed by atoms with van der Waals surface area (Å²) in [7, 11) is 0. The number of aryl methyl sites for hydroxylation is 1. The lowest BCUT2D eigenvalue weighted by Crippen LogP contribution is -2.24. The predicted octanol–water partition coefficient (Wildman–Crippen LogP) is 2.22. The van der Waals surface area contributed by atoms with Gasteiger partial charge in [0.2, 0.25) is 5.91 Å². The van der Waals surface area contributed by atoms with Crippen LogP contribution in [0.4, 0.5) is 18.9 Å². The molecule has 18 heavy (non-hydrogen) atoms. The van der Waals surface area contributed by atoms with Crippen LogP contribution in [-0.4, -0.2) is 30.4 Å². The Balaban J connectivity index is 2.45. The molecule has 0 aliphatic heterocycles. The summed E-state index contributed by atoms with van der Waals surface area (Å²) in [6.45, 7) is -0.499. The first kappa shape index (κ1) is 14.3. The first-order valence-corrected chi connectivity index (χ1v) is 5.02. The van der Waals surface area contributed by atoms with E-state index in [-0.39, 0.29) is 5.75 Å². The van der Waals surface area contributed by atoms with E-state index in [0.29, 0.717) is 11.3 Å². The van der Waals surface area contributed by atoms with Gasteiger partial charge in [0, 0.05) is 5.69 Å². The average Bonchev–Trinajstić information content (AvgIpc) is 2.20. The van der Waals surface area contributed by atoms with Crippen molar-refractivity contribution in [2.24, 2.45) is 0 Å². The third-order valence-electron chi connectivity index (χ3n) is 1.98. The van der Waals surface area contributed by atoms with E-state index in [1.807, 2.05) is 0 Å². The minimum atomic E-state index is -4.45. The SMILES string of the molecule is Cc1cc(O)ccc1NC(=O)COCC(F)(F)F. The van der Waals surface area contributed by atoms with Gasteiger partial charge >= 0.3 is 6.18 Å². The lowest BCUT2D eigenvalue weighted by molar-refractivity contribution is -0.174. The van der Waals surface area contributed by atoms with Gasteiger partial charge in [0.25, 0.3) is 0 Å². The Morgan fingerprint density at radius 1 is 1.44 bits per heavy atom. The number of ether oxygens (including phenoxy) is 1. The van der Waals surface area contributed by atoms with Gasteiger partial charge in [-0.15, -0.1) is 0 Å². The van der Waals surface area contributed by atoms with Crippen LogP contribution in [-0.2, 0) is 9.53 Å². The van der Waals surface area contributed by atoms with Crippen molar-refractivity contribution in [2.75, 3.05) is 18.5 Å². The van der Waals surface area contributed by atoms with Crippen molar-refractivity contribution in [3.05, 3.63) is 23.8 Å². The van der Waals surface area contributed by atoms with Gasteiger partial charge in [-0.25, -0.2) is 0 Å². The number of hydrogen-bond donors (Lipinski definition) is 2. The molecule has 0 aliphatic rings. The third kappa shape index (κ3) is 5.05. The van der Waals surface area contributed by atoms with E-state index in [0.717, 1.165) is 0 Å². The van der Waals surface area contributed by atoms with E-state index < -0.39 is 25.3 Å². The number of carbonyl (C=O) groups is 1. The molecule has 2 N–H and O–H groups in total. The van der Waals surface area contributed by atoms with Crippen molar-refractivity contribution < 1.29 is 27.8 Å². The van der Waals surface area contributed by atoms with Crippen LogP contribution in [0.2, 0.25) is 0 Å². The quantitative estimate of drug-likeness (QED) is 0.819. The molecule has 0 radical (unpaired) electrons. The molecule has 1 aromatic carbocycles. The number of benzene rings is 1. The van der Waals surface area contributed by atoms with Gasteiger partial charge in [-0.2, -0.15) is 13.2 Å². The van der Waals surface area contributed by atoms with Crippen molar-refractivity contribution in [1.29, 1.82) is 0 Å². The number of aromatic hydroxyl groups is 1. The number of amides is 1. The number of phenolic OH excluding ortho intramolecular Hbond substituents is 1. The number of alkyl halides is 3. The maximum atomic E-state index is 11.8. The Hall–Kier alpha value is -1.76. The van der Waals surface area contributed by atoms with Gasteiger partial charge in [0.05, 0.1) is 0 Å². The van der Waals surface area contributed by atoms with Crippen LogP contribution in [0.15, 0.2) is 18.2 Å². The Kier molecular flexibility index (Phi) is 4.55. The van der Waals surface area contributed by atoms with Crippen molar-refractivity contribution in [3.63, 3.8) is 0 Å². The highest BCUT2D eigenvalue weighted by molar-refractivity contribution is 5.92. The highest BCUT2D eigenvalue weighted by atomic mass is 19.4. The molecule has 1 amide bonds. The van der Waals surface area contributed by atoms with Crippen molar-refractivity contribution in [2.45, 2.75) is 13.1 Å². The molecule has 0 spiro atoms. The van der Waals surface area contributed by atoms with Gasteiger partial charge in [-0.3, -0.25) is 4.79 Å². The molecule has 100 valence electrons. The largest absolute Gasteiger partial charge is 0.508 e. The van der Waals surface area contributed by atoms with E-state index in [1.54, 1.807) is 6.92 Å². The molecule has 0 aliphatic carbocycles. The maximum Gasteiger partial charge on any atom is 0.411 e. The summed E-state index contributed by atoms with van der Waals surface area (Å²) in [4.78, 5) is 11.3. The molecule has 0 aromatic heterocycles. The lowest BCUT2D eigenvalue weighted by Gasteiger charge is -2.10. The molecular weight excluding hydrogens is 251 g/mol. The summed E-state index contributed by atoms with van der Waals surface area (Å²) in [5.74, 6) is -0.646. The second-order valence-electron chi connectivity index (χ2n) is 3.66. The molecule has 4 nitrogen and oxygen atoms in total. The van der Waals surface area contributed by atoms with E-state index >= 15 is 0 Å². The van der Waals surface area contributed by atoms with Crippen LogP contribution < -0.4 is 5.32 Å². The summed E-state index contributed by atoms with van der Waals surface area (Å²) >= 11 is 0. The van der Waals surface area contributed by atoms with E-state index in [4.69, 9.17) is 5.11 Å². The normalized spacial score (nSPS) is 11.3. The van der Waals surface area contributed by atoms with Gasteiger partial charge in [-0.05, 0) is 30.7 Å². The van der Waals surface area contributed by atoms with Gasteiger partial charge in [0.15, 0.2) is 0 Å². The van der Waals surface area contributed by atoms with Crippen molar-refractivity contribution >= 4 is 11.6 Å². The number of nitrogens with one attached hydrogen (secondary N) is 1. The number of anilines is 1. The standard InChI is InChI=1S/C11H12F3NO3/c1-7-4-8(16)2-3-9(7)15-10(17)5-18-6-11(12,13)14/h2-4,16H,5-6H2,1H3,(H,15,17). The van der Waals surface area contributed by atoms with Gasteiger partial charge < -0.3 is 15.2 Å². The molecule has 7 heteroatoms. The van der Waals surface area contributed by atoms with E-state index in [9.17, 15) is 18.0 Å². The van der Waals surface area contributed by atoms with Crippen LogP contribution in [0.1, 0.15) is 5.56 Å². The molecule has 0 atom stereocenters. The maximum absolute atomic E-state index is 11.8. The van der Waals surface area contributed by atoms with E-state index in [2.05, 4.69) is 10.1 Å². The van der Waals surface area contributed by atoms with Crippen LogP contribution >= 0.6 is 0 Å². The van der Waals surface area contributed by atoms with Gasteiger partial charge in [-0.1, -0.05) is 0 Å². The summed E-state index contributed by atoms with van der Waals surface area (Å²) in [5.41, 5.74) is 1.01. The van der Waals surface area contributed by atoms with Gasteiger partial charge in [0.1, 0.15) is 19.0 Å². The highest BCUT2D eigenvalue weighted by Crippen LogP contribution is 2.20. The summed E-state index contributed by atoms with van der Waals surface area (Å²) < 4.78 is 39.5. The number of phenols is 1. The first-order chi connectivity index (χ1) is 8.28. The molecule has 1 rings (SSSR count). The minimum absolute atomic E-state index is 0.0406. The zero-order valence-corrected chi connectivity index (χ0v) is 9.54. The highest BCUT2D eigenvalue weighted by Gasteiger charge is 2.27. The summed E-state index contributed by atoms with van der Waals surface area (Å²) in [6, 6.07) is 4.23. The Morgan fingerprint density at radius 2 is 2.11 bits per heavy atom. The smallest absolute Gasteiger partial charge is 0.411 e. The fourth-order valence-electron chi connectivity index (χ4n) is 1.23. The zero-order valence-electron chi connectivity index (χ0n) is 9.54. The molecule has 0 saturated heterocycles. The van der Waals surface area contributed by atoms with Crippen molar-refractivity contribution in [3.8, 4) is 5.75 Å². The number of hydrogen-bond acceptors (Lipinski definition) is 3. The number of carbonyl (C=O) groups excluding carboxylic acids is 1. The minimum Gasteiger partial charge on any atom is -0.508 e. The molecule has 1 aromatic rings. The number of halogens is 3. The topological polar surface area (TPSA) is 58.6 Å². The summed E-state index contributed by atoms with van der Waals surface area (Å²) in [5, 5.41) is 11.5. The first-order valence-electron chi connectivity index (χ1n) is 5.02. The monoisotopic (exact) mass is 263 g/mol. The second kappa shape index (κ2) is 5.72. The Morgan fingerprint density at radius 3 is 2.67 bits per heavy atom. The van der Waals surface area contributed by atoms with Crippen molar-refractivity contribution in [1.82, 2.24) is 0 Å². The predicted molar refractivity (Wildman–Crippen MR) is 58.3 cm³/mol. The molecule has 0 heterocycles. The molecule has 0 bridgehead atoms. The van der Waals surface area contributed by atoms with Crippen LogP contribution in [0.25, 0.3) is 0 Å². The third-order valence-corrected chi connectivity index (χ3v) is 1.98. The molecule has 0 unspecified atom stereocenters. The molecule has 0 fully saturated rings. The molecule has 0 saturated carbocycles. The fraction of sp³-hybridized carbons (Fsp3) is 0.364. The Bertz CT molecular complexity index is 432. The van der Waals surface area contributed by atoms with E-state index in [1.165, 1.54) is 18.2 Å². The van der Waals surface area contributed by atoms with Crippen LogP contribution in [0, 0.1) is 6.92 Å². The fourth-order valence-corrected chi connectivity index (χ4v) is 1.23. The summed E-state index contributed by atoms with van der Waals surface area (Å²) in [6.07, 6.45) is -4.45. The number of rotatable bonds is 4. The zero-order chi connectivity index (χ0) is 13.8. The van der Waals surface area contributed by atoms with Crippen LogP contribution in [0.3, 0.4) is 0 Å². The lowest BCUT2D eigenvalue weighted by atomic mass is 10.2. The average molecular weight is 263 g/mol. The Labute approximate surface area is 101 Å². The van der Waals surface area contributed by atoms with Crippen LogP contribution in [0.5, 0.6) is 5.75 Å². The second-order valence-corrected chi connectivity index (χ2v) is 3.66.